The Kier molecular flexibility index (Phi) is 5.14. The summed E-state index contributed by atoms with van der Waals surface area (Å²) in [6.45, 7) is -0.0453. The van der Waals surface area contributed by atoms with Crippen molar-refractivity contribution in [1.82, 2.24) is 9.78 Å². The number of carbonyl (C=O) groups is 1. The maximum Gasteiger partial charge on any atom is 0.292 e. The van der Waals surface area contributed by atoms with Crippen molar-refractivity contribution in [3.8, 4) is 5.75 Å². The van der Waals surface area contributed by atoms with Crippen LogP contribution in [0.4, 0.5) is 11.4 Å². The van der Waals surface area contributed by atoms with E-state index in [4.69, 9.17) is 16.3 Å². The fourth-order valence-electron chi connectivity index (χ4n) is 2.25. The maximum absolute atomic E-state index is 12.5. The maximum atomic E-state index is 12.5. The minimum absolute atomic E-state index is 0.0453. The number of nitrogens with zero attached hydrogens (tertiary/aromatic N) is 3. The molecule has 1 N–H and O–H groups in total. The van der Waals surface area contributed by atoms with E-state index in [1.54, 1.807) is 30.3 Å². The van der Waals surface area contributed by atoms with Gasteiger partial charge in [0.15, 0.2) is 6.73 Å². The molecule has 0 saturated carbocycles. The van der Waals surface area contributed by atoms with Crippen LogP contribution in [0.25, 0.3) is 0 Å². The van der Waals surface area contributed by atoms with E-state index in [0.717, 1.165) is 0 Å². The number of aromatic nitrogens is 2. The van der Waals surface area contributed by atoms with Crippen molar-refractivity contribution in [3.05, 3.63) is 81.6 Å². The van der Waals surface area contributed by atoms with Gasteiger partial charge < -0.3 is 10.1 Å². The Morgan fingerprint density at radius 3 is 2.69 bits per heavy atom. The Balaban J connectivity index is 1.75. The Hall–Kier alpha value is -3.39. The standard InChI is InChI=1S/C17H13ClN4O4/c18-12-5-1-4-8-16(12)26-11-21-15(9-10-19-21)17(23)20-13-6-2-3-7-14(13)22(24)25/h1-10H,11H2,(H,20,23). The third kappa shape index (κ3) is 3.81. The lowest BCUT2D eigenvalue weighted by molar-refractivity contribution is -0.383. The summed E-state index contributed by atoms with van der Waals surface area (Å²) in [5, 5.41) is 18.0. The zero-order chi connectivity index (χ0) is 18.5. The van der Waals surface area contributed by atoms with Gasteiger partial charge in [-0.3, -0.25) is 14.9 Å². The van der Waals surface area contributed by atoms with Crippen LogP contribution in [0.1, 0.15) is 10.5 Å². The number of nitro benzene ring substituents is 1. The first-order valence-corrected chi connectivity index (χ1v) is 7.88. The number of benzene rings is 2. The number of nitrogens with one attached hydrogen (secondary N) is 1. The van der Waals surface area contributed by atoms with Crippen molar-refractivity contribution < 1.29 is 14.5 Å². The van der Waals surface area contributed by atoms with Gasteiger partial charge in [-0.1, -0.05) is 35.9 Å². The number of para-hydroxylation sites is 3. The van der Waals surface area contributed by atoms with E-state index in [9.17, 15) is 14.9 Å². The molecule has 1 amide bonds. The Morgan fingerprint density at radius 1 is 1.19 bits per heavy atom. The molecule has 0 aliphatic carbocycles. The highest BCUT2D eigenvalue weighted by atomic mass is 35.5. The quantitative estimate of drug-likeness (QED) is 0.525. The monoisotopic (exact) mass is 372 g/mol. The number of hydrogen-bond acceptors (Lipinski definition) is 5. The smallest absolute Gasteiger partial charge is 0.292 e. The average molecular weight is 373 g/mol. The molecule has 9 heteroatoms. The molecule has 0 aliphatic rings. The van der Waals surface area contributed by atoms with Gasteiger partial charge in [-0.05, 0) is 24.3 Å². The number of halogens is 1. The van der Waals surface area contributed by atoms with Crippen LogP contribution in [0.5, 0.6) is 5.75 Å². The summed E-state index contributed by atoms with van der Waals surface area (Å²) in [6, 6.07) is 14.3. The number of hydrogen-bond donors (Lipinski definition) is 1. The lowest BCUT2D eigenvalue weighted by Crippen LogP contribution is -2.20. The Morgan fingerprint density at radius 2 is 1.92 bits per heavy atom. The minimum atomic E-state index is -0.562. The second-order valence-corrected chi connectivity index (χ2v) is 5.56. The first-order valence-electron chi connectivity index (χ1n) is 7.50. The van der Waals surface area contributed by atoms with Gasteiger partial charge in [0.25, 0.3) is 11.6 Å². The van der Waals surface area contributed by atoms with Crippen LogP contribution in [-0.4, -0.2) is 20.6 Å². The summed E-state index contributed by atoms with van der Waals surface area (Å²) in [7, 11) is 0. The second-order valence-electron chi connectivity index (χ2n) is 5.15. The highest BCUT2D eigenvalue weighted by Gasteiger charge is 2.18. The fraction of sp³-hybridized carbons (Fsp3) is 0.0588. The largest absolute Gasteiger partial charge is 0.470 e. The van der Waals surface area contributed by atoms with Crippen LogP contribution in [0.2, 0.25) is 5.02 Å². The predicted octanol–water partition coefficient (Wildman–Crippen LogP) is 3.73. The number of anilines is 1. The van der Waals surface area contributed by atoms with E-state index in [1.165, 1.54) is 35.1 Å². The molecule has 3 rings (SSSR count). The van der Waals surface area contributed by atoms with Crippen LogP contribution in [0, 0.1) is 10.1 Å². The second kappa shape index (κ2) is 7.66. The zero-order valence-corrected chi connectivity index (χ0v) is 14.1. The summed E-state index contributed by atoms with van der Waals surface area (Å²) in [5.41, 5.74) is 0.0942. The van der Waals surface area contributed by atoms with Gasteiger partial charge in [0, 0.05) is 12.3 Å². The molecule has 26 heavy (non-hydrogen) atoms. The summed E-state index contributed by atoms with van der Waals surface area (Å²) < 4.78 is 6.89. The number of amides is 1. The van der Waals surface area contributed by atoms with E-state index in [-0.39, 0.29) is 23.8 Å². The number of ether oxygens (including phenoxy) is 1. The summed E-state index contributed by atoms with van der Waals surface area (Å²) >= 11 is 6.02. The van der Waals surface area contributed by atoms with E-state index >= 15 is 0 Å². The molecule has 0 aliphatic heterocycles. The third-order valence-corrected chi connectivity index (χ3v) is 3.79. The van der Waals surface area contributed by atoms with Gasteiger partial charge in [0.05, 0.1) is 9.95 Å². The third-order valence-electron chi connectivity index (χ3n) is 3.48. The van der Waals surface area contributed by atoms with Gasteiger partial charge in [0.2, 0.25) is 0 Å². The highest BCUT2D eigenvalue weighted by Crippen LogP contribution is 2.25. The van der Waals surface area contributed by atoms with Crippen LogP contribution >= 0.6 is 11.6 Å². The fourth-order valence-corrected chi connectivity index (χ4v) is 2.44. The van der Waals surface area contributed by atoms with Crippen molar-refractivity contribution >= 4 is 28.9 Å². The normalized spacial score (nSPS) is 10.3. The van der Waals surface area contributed by atoms with E-state index in [2.05, 4.69) is 10.4 Å². The van der Waals surface area contributed by atoms with Gasteiger partial charge in [-0.2, -0.15) is 5.10 Å². The molecule has 0 radical (unpaired) electrons. The van der Waals surface area contributed by atoms with Crippen LogP contribution in [0.3, 0.4) is 0 Å². The van der Waals surface area contributed by atoms with Crippen molar-refractivity contribution in [2.75, 3.05) is 5.32 Å². The lowest BCUT2D eigenvalue weighted by atomic mass is 10.2. The number of nitro groups is 1. The predicted molar refractivity (Wildman–Crippen MR) is 95.4 cm³/mol. The summed E-state index contributed by atoms with van der Waals surface area (Å²) in [5.74, 6) is -0.0886. The van der Waals surface area contributed by atoms with Crippen molar-refractivity contribution in [3.63, 3.8) is 0 Å². The summed E-state index contributed by atoms with van der Waals surface area (Å²) in [4.78, 5) is 23.0. The molecule has 1 heterocycles. The topological polar surface area (TPSA) is 99.3 Å². The minimum Gasteiger partial charge on any atom is -0.470 e. The number of rotatable bonds is 6. The zero-order valence-electron chi connectivity index (χ0n) is 13.3. The number of carbonyl (C=O) groups excluding carboxylic acids is 1. The molecular weight excluding hydrogens is 360 g/mol. The molecule has 0 atom stereocenters. The van der Waals surface area contributed by atoms with Gasteiger partial charge in [-0.25, -0.2) is 4.68 Å². The van der Waals surface area contributed by atoms with Crippen molar-refractivity contribution in [2.45, 2.75) is 6.73 Å². The molecule has 8 nitrogen and oxygen atoms in total. The van der Waals surface area contributed by atoms with Gasteiger partial charge in [-0.15, -0.1) is 0 Å². The molecule has 0 unspecified atom stereocenters. The van der Waals surface area contributed by atoms with Crippen LogP contribution in [0.15, 0.2) is 60.8 Å². The van der Waals surface area contributed by atoms with Crippen molar-refractivity contribution in [1.29, 1.82) is 0 Å². The van der Waals surface area contributed by atoms with Crippen LogP contribution in [-0.2, 0) is 6.73 Å². The molecular formula is C17H13ClN4O4. The highest BCUT2D eigenvalue weighted by molar-refractivity contribution is 6.32. The average Bonchev–Trinajstić information content (AvgIpc) is 3.10. The molecule has 0 bridgehead atoms. The SMILES string of the molecule is O=C(Nc1ccccc1[N+](=O)[O-])c1ccnn1COc1ccccc1Cl. The van der Waals surface area contributed by atoms with Crippen molar-refractivity contribution in [2.24, 2.45) is 0 Å². The van der Waals surface area contributed by atoms with Crippen LogP contribution < -0.4 is 10.1 Å². The Labute approximate surface area is 153 Å². The first kappa shape index (κ1) is 17.4. The summed E-state index contributed by atoms with van der Waals surface area (Å²) in [6.07, 6.45) is 1.43. The lowest BCUT2D eigenvalue weighted by Gasteiger charge is -2.11. The molecule has 1 aromatic heterocycles. The van der Waals surface area contributed by atoms with Gasteiger partial charge >= 0.3 is 0 Å². The molecule has 2 aromatic carbocycles. The van der Waals surface area contributed by atoms with E-state index < -0.39 is 10.8 Å². The molecule has 3 aromatic rings. The van der Waals surface area contributed by atoms with E-state index in [1.807, 2.05) is 0 Å². The molecule has 132 valence electrons. The molecule has 0 spiro atoms. The van der Waals surface area contributed by atoms with E-state index in [0.29, 0.717) is 10.8 Å². The molecule has 0 fully saturated rings. The van der Waals surface area contributed by atoms with Gasteiger partial charge in [0.1, 0.15) is 17.1 Å². The Bertz CT molecular complexity index is 957. The first-order chi connectivity index (χ1) is 12.6. The molecule has 0 saturated heterocycles.